The number of nitrogens with zero attached hydrogens (tertiary/aromatic N) is 2. The van der Waals surface area contributed by atoms with Gasteiger partial charge < -0.3 is 14.5 Å². The minimum absolute atomic E-state index is 0. The largest absolute Gasteiger partial charge is 0.512 e. The zero-order chi connectivity index (χ0) is 36.9. The number of thiophene rings is 1. The molecular formula is C45H49IrN2O3S-. The Balaban J connectivity index is 0.000000323. The first-order valence-electron chi connectivity index (χ1n) is 18.1. The molecule has 0 atom stereocenters. The van der Waals surface area contributed by atoms with Crippen LogP contribution in [0.4, 0.5) is 5.69 Å². The van der Waals surface area contributed by atoms with E-state index in [9.17, 15) is 9.90 Å². The molecule has 0 saturated heterocycles. The first-order valence-corrected chi connectivity index (χ1v) is 18.9. The number of aliphatic hydroxyl groups is 1. The predicted molar refractivity (Wildman–Crippen MR) is 215 cm³/mol. The minimum atomic E-state index is 0. The van der Waals surface area contributed by atoms with E-state index in [0.717, 1.165) is 64.4 Å². The minimum Gasteiger partial charge on any atom is -0.512 e. The van der Waals surface area contributed by atoms with Crippen molar-refractivity contribution in [3.8, 4) is 21.7 Å². The van der Waals surface area contributed by atoms with Crippen molar-refractivity contribution in [2.75, 3.05) is 0 Å². The molecule has 5 nitrogen and oxygen atoms in total. The number of furan rings is 1. The maximum atomic E-state index is 11.7. The zero-order valence-electron chi connectivity index (χ0n) is 31.5. The Hall–Kier alpha value is -4.08. The third-order valence-electron chi connectivity index (χ3n) is 9.67. The van der Waals surface area contributed by atoms with Gasteiger partial charge >= 0.3 is 0 Å². The number of pyridine rings is 1. The van der Waals surface area contributed by atoms with Crippen molar-refractivity contribution < 1.29 is 34.4 Å². The fourth-order valence-corrected chi connectivity index (χ4v) is 8.05. The molecule has 1 N–H and O–H groups in total. The van der Waals surface area contributed by atoms with Crippen LogP contribution in [0.5, 0.6) is 0 Å². The maximum Gasteiger partial charge on any atom is 0.190 e. The van der Waals surface area contributed by atoms with E-state index in [2.05, 4.69) is 68.9 Å². The summed E-state index contributed by atoms with van der Waals surface area (Å²) in [5.74, 6) is 0.547. The fourth-order valence-electron chi connectivity index (χ4n) is 6.74. The molecule has 0 saturated carbocycles. The standard InChI is InChI=1S/C32H25N2OS.C13H24O2.Ir/c1-19-23-15-16-34-28(31(23)36-30(19)21-11-9-20(10-12-21)18-32(2,3)4)26-8-6-7-25-24-14-13-22(33-5)17-27(24)35-29(25)26;1-5-10(6-2)12(14)9-13(15)11(7-3)8-4;/h6-7,9-17H,18H2,1-4H3;9-11,14H,5-8H2,1-4H3;/q-1;;/b;12-9-;. The molecule has 273 valence electrons. The van der Waals surface area contributed by atoms with Crippen LogP contribution < -0.4 is 0 Å². The number of allylic oxidation sites excluding steroid dienone is 2. The Morgan fingerprint density at radius 3 is 2.25 bits per heavy atom. The molecule has 0 aliphatic carbocycles. The molecule has 0 aliphatic rings. The molecule has 3 aromatic heterocycles. The number of benzene rings is 3. The van der Waals surface area contributed by atoms with Crippen LogP contribution in [0, 0.1) is 36.8 Å². The number of carbonyl (C=O) groups is 1. The number of hydrogen-bond acceptors (Lipinski definition) is 5. The van der Waals surface area contributed by atoms with Crippen molar-refractivity contribution in [2.45, 2.75) is 87.5 Å². The van der Waals surface area contributed by atoms with Crippen LogP contribution in [0.25, 0.3) is 58.6 Å². The average molecular weight is 890 g/mol. The number of ketones is 1. The van der Waals surface area contributed by atoms with E-state index < -0.39 is 0 Å². The molecule has 0 bridgehead atoms. The van der Waals surface area contributed by atoms with Gasteiger partial charge in [0.05, 0.1) is 17.9 Å². The zero-order valence-corrected chi connectivity index (χ0v) is 34.7. The van der Waals surface area contributed by atoms with E-state index in [1.54, 1.807) is 17.4 Å². The number of aliphatic hydroxyl groups excluding tert-OH is 1. The van der Waals surface area contributed by atoms with Crippen LogP contribution in [0.2, 0.25) is 0 Å². The summed E-state index contributed by atoms with van der Waals surface area (Å²) in [5, 5.41) is 13.0. The summed E-state index contributed by atoms with van der Waals surface area (Å²) in [5.41, 5.74) is 7.90. The third kappa shape index (κ3) is 8.92. The van der Waals surface area contributed by atoms with E-state index >= 15 is 0 Å². The molecule has 3 aromatic carbocycles. The average Bonchev–Trinajstić information content (AvgIpc) is 3.66. The summed E-state index contributed by atoms with van der Waals surface area (Å²) >= 11 is 1.78. The van der Waals surface area contributed by atoms with Gasteiger partial charge in [0.1, 0.15) is 5.58 Å². The molecule has 52 heavy (non-hydrogen) atoms. The Labute approximate surface area is 326 Å². The van der Waals surface area contributed by atoms with Crippen molar-refractivity contribution >= 4 is 54.8 Å². The van der Waals surface area contributed by atoms with E-state index in [-0.39, 0.29) is 48.9 Å². The summed E-state index contributed by atoms with van der Waals surface area (Å²) in [6.07, 6.45) is 7.84. The molecule has 6 aromatic rings. The van der Waals surface area contributed by atoms with Crippen molar-refractivity contribution in [3.63, 3.8) is 0 Å². The van der Waals surface area contributed by atoms with Crippen molar-refractivity contribution in [1.82, 2.24) is 4.98 Å². The second kappa shape index (κ2) is 17.6. The molecular weight excluding hydrogens is 841 g/mol. The van der Waals surface area contributed by atoms with Gasteiger partial charge in [-0.05, 0) is 78.7 Å². The third-order valence-corrected chi connectivity index (χ3v) is 11.0. The second-order valence-electron chi connectivity index (χ2n) is 14.5. The van der Waals surface area contributed by atoms with E-state index in [4.69, 9.17) is 16.0 Å². The van der Waals surface area contributed by atoms with Gasteiger partial charge in [0.2, 0.25) is 0 Å². The Bertz CT molecular complexity index is 2220. The molecule has 0 spiro atoms. The van der Waals surface area contributed by atoms with Crippen LogP contribution in [0.3, 0.4) is 0 Å². The molecule has 7 heteroatoms. The topological polar surface area (TPSA) is 67.7 Å². The summed E-state index contributed by atoms with van der Waals surface area (Å²) in [7, 11) is 0. The van der Waals surface area contributed by atoms with Crippen molar-refractivity contribution in [1.29, 1.82) is 0 Å². The molecule has 0 amide bonds. The van der Waals surface area contributed by atoms with Gasteiger partial charge in [-0.25, -0.2) is 4.85 Å². The van der Waals surface area contributed by atoms with Gasteiger partial charge in [0.25, 0.3) is 0 Å². The molecule has 0 fully saturated rings. The smallest absolute Gasteiger partial charge is 0.190 e. The van der Waals surface area contributed by atoms with Gasteiger partial charge in [0, 0.05) is 64.9 Å². The van der Waals surface area contributed by atoms with Crippen LogP contribution in [0.1, 0.15) is 85.3 Å². The van der Waals surface area contributed by atoms with Crippen LogP contribution in [-0.4, -0.2) is 15.9 Å². The molecule has 0 aliphatic heterocycles. The van der Waals surface area contributed by atoms with Crippen molar-refractivity contribution in [3.05, 3.63) is 107 Å². The van der Waals surface area contributed by atoms with E-state index in [1.807, 2.05) is 58.2 Å². The maximum absolute atomic E-state index is 11.7. The number of carbonyl (C=O) groups excluding carboxylic acids is 1. The first kappa shape index (κ1) is 40.7. The molecule has 1 radical (unpaired) electrons. The van der Waals surface area contributed by atoms with Gasteiger partial charge in [-0.15, -0.1) is 29.5 Å². The normalized spacial score (nSPS) is 11.9. The molecule has 3 heterocycles. The number of fused-ring (bicyclic) bond motifs is 4. The number of aromatic nitrogens is 1. The Morgan fingerprint density at radius 2 is 1.63 bits per heavy atom. The van der Waals surface area contributed by atoms with Crippen LogP contribution in [0.15, 0.2) is 83.1 Å². The van der Waals surface area contributed by atoms with Gasteiger partial charge in [-0.2, -0.15) is 0 Å². The quantitative estimate of drug-likeness (QED) is 0.0845. The SMILES string of the molecule is CCC(CC)C(=O)/C=C(\O)C(CC)CC.[C-]#[N+]c1ccc2c(c1)oc1c(-c3nccc4c(C)c(-c5ccc(CC(C)(C)C)cc5)sc34)[c-]ccc12.[Ir]. The van der Waals surface area contributed by atoms with E-state index in [0.29, 0.717) is 11.3 Å². The van der Waals surface area contributed by atoms with E-state index in [1.165, 1.54) is 33.0 Å². The van der Waals surface area contributed by atoms with Crippen LogP contribution in [-0.2, 0) is 31.3 Å². The van der Waals surface area contributed by atoms with Gasteiger partial charge in [0.15, 0.2) is 11.5 Å². The Kier molecular flexibility index (Phi) is 13.8. The van der Waals surface area contributed by atoms with Crippen molar-refractivity contribution in [2.24, 2.45) is 17.3 Å². The summed E-state index contributed by atoms with van der Waals surface area (Å²) in [4.78, 5) is 21.3. The fraction of sp³-hybridized carbons (Fsp3) is 0.356. The Morgan fingerprint density at radius 1 is 0.962 bits per heavy atom. The number of aryl methyl sites for hydroxylation is 1. The van der Waals surface area contributed by atoms with Gasteiger partial charge in [-0.1, -0.05) is 95.8 Å². The predicted octanol–water partition coefficient (Wildman–Crippen LogP) is 13.6. The molecule has 6 rings (SSSR count). The first-order chi connectivity index (χ1) is 24.4. The monoisotopic (exact) mass is 890 g/mol. The summed E-state index contributed by atoms with van der Waals surface area (Å²) < 4.78 is 7.43. The number of hydrogen-bond donors (Lipinski definition) is 1. The van der Waals surface area contributed by atoms with Gasteiger partial charge in [-0.3, -0.25) is 4.79 Å². The summed E-state index contributed by atoms with van der Waals surface area (Å²) in [6.45, 7) is 24.4. The number of rotatable bonds is 10. The summed E-state index contributed by atoms with van der Waals surface area (Å²) in [6, 6.07) is 24.0. The molecule has 0 unspecified atom stereocenters. The van der Waals surface area contributed by atoms with Crippen LogP contribution >= 0.6 is 11.3 Å². The second-order valence-corrected chi connectivity index (χ2v) is 15.5.